The molecule has 4 unspecified atom stereocenters. The summed E-state index contributed by atoms with van der Waals surface area (Å²) in [6.07, 6.45) is 3.93. The number of hydrogen-bond donors (Lipinski definition) is 2. The maximum atomic E-state index is 13.0. The molecule has 2 aromatic heterocycles. The van der Waals surface area contributed by atoms with Crippen molar-refractivity contribution in [2.45, 2.75) is 50.8 Å². The molecule has 202 valence electrons. The summed E-state index contributed by atoms with van der Waals surface area (Å²) in [4.78, 5) is 22.1. The van der Waals surface area contributed by atoms with Crippen LogP contribution in [0.4, 0.5) is 11.5 Å². The molecule has 0 bridgehead atoms. The van der Waals surface area contributed by atoms with Crippen LogP contribution in [0.1, 0.15) is 44.8 Å². The summed E-state index contributed by atoms with van der Waals surface area (Å²) in [5, 5.41) is 20.5. The van der Waals surface area contributed by atoms with Crippen LogP contribution in [0.15, 0.2) is 36.7 Å². The van der Waals surface area contributed by atoms with E-state index in [-0.39, 0.29) is 29.3 Å². The van der Waals surface area contributed by atoms with Crippen molar-refractivity contribution in [3.8, 4) is 0 Å². The highest BCUT2D eigenvalue weighted by atomic mass is 35.5. The minimum Gasteiger partial charge on any atom is -0.389 e. The molecule has 9 nitrogen and oxygen atoms in total. The fourth-order valence-corrected chi connectivity index (χ4v) is 6.25. The topological polar surface area (TPSA) is 95.8 Å². The van der Waals surface area contributed by atoms with Gasteiger partial charge >= 0.3 is 0 Å². The van der Waals surface area contributed by atoms with Crippen LogP contribution in [0, 0.1) is 5.92 Å². The first-order valence-corrected chi connectivity index (χ1v) is 13.8. The molecule has 2 N–H and O–H groups in total. The predicted molar refractivity (Wildman–Crippen MR) is 148 cm³/mol. The lowest BCUT2D eigenvalue weighted by atomic mass is 9.95. The van der Waals surface area contributed by atoms with Crippen molar-refractivity contribution in [2.24, 2.45) is 5.92 Å². The second-order valence-electron chi connectivity index (χ2n) is 11.3. The van der Waals surface area contributed by atoms with Crippen molar-refractivity contribution < 1.29 is 14.6 Å². The lowest BCUT2D eigenvalue weighted by Gasteiger charge is -2.45. The SMILES string of the molecule is CC(C)n1nccc1C1CC1C(=O)Nc1cc2cc(N3CCN(C4(C)COCC4O)CC3)c(Cl)cc2cn1. The first-order valence-electron chi connectivity index (χ1n) is 13.4. The van der Waals surface area contributed by atoms with E-state index in [1.807, 2.05) is 29.1 Å². The highest BCUT2D eigenvalue weighted by molar-refractivity contribution is 6.34. The van der Waals surface area contributed by atoms with Crippen LogP contribution in [-0.4, -0.2) is 81.7 Å². The number of benzene rings is 1. The molecule has 3 aromatic rings. The molecule has 2 aliphatic heterocycles. The molecule has 0 radical (unpaired) electrons. The summed E-state index contributed by atoms with van der Waals surface area (Å²) in [5.41, 5.74) is 1.75. The zero-order valence-corrected chi connectivity index (χ0v) is 22.9. The highest BCUT2D eigenvalue weighted by Gasteiger charge is 2.46. The Kier molecular flexibility index (Phi) is 6.58. The van der Waals surface area contributed by atoms with E-state index in [9.17, 15) is 9.90 Å². The summed E-state index contributed by atoms with van der Waals surface area (Å²) in [7, 11) is 0. The number of hydrogen-bond acceptors (Lipinski definition) is 7. The second kappa shape index (κ2) is 9.79. The number of aliphatic hydroxyl groups is 1. The van der Waals surface area contributed by atoms with Gasteiger partial charge in [-0.15, -0.1) is 0 Å². The van der Waals surface area contributed by atoms with E-state index in [0.29, 0.717) is 24.1 Å². The number of nitrogens with one attached hydrogen (secondary N) is 1. The fourth-order valence-electron chi connectivity index (χ4n) is 5.96. The summed E-state index contributed by atoms with van der Waals surface area (Å²) >= 11 is 6.70. The number of fused-ring (bicyclic) bond motifs is 1. The number of nitrogens with zero attached hydrogens (tertiary/aromatic N) is 5. The Morgan fingerprint density at radius 2 is 2.00 bits per heavy atom. The van der Waals surface area contributed by atoms with Crippen LogP contribution in [0.2, 0.25) is 5.02 Å². The molecule has 1 aromatic carbocycles. The molecule has 4 atom stereocenters. The molecular weight excluding hydrogens is 504 g/mol. The number of piperazine rings is 1. The molecule has 2 saturated heterocycles. The number of rotatable bonds is 6. The van der Waals surface area contributed by atoms with Gasteiger partial charge in [-0.2, -0.15) is 5.10 Å². The standard InChI is InChI=1S/C28H35ClN6O3/c1-17(2)35-23(4-5-31-35)20-13-21(20)27(37)32-26-12-18-11-24(22(29)10-19(18)14-30-26)33-6-8-34(9-7-33)28(3)16-38-15-25(28)36/h4-5,10-12,14,17,20-21,25,36H,6-9,13,15-16H2,1-3H3,(H,30,32,37). The third-order valence-electron chi connectivity index (χ3n) is 8.47. The molecule has 6 rings (SSSR count). The number of carbonyl (C=O) groups excluding carboxylic acids is 1. The average molecular weight is 539 g/mol. The third kappa shape index (κ3) is 4.55. The van der Waals surface area contributed by atoms with Crippen molar-refractivity contribution in [1.82, 2.24) is 19.7 Å². The van der Waals surface area contributed by atoms with Crippen LogP contribution in [-0.2, 0) is 9.53 Å². The lowest BCUT2D eigenvalue weighted by molar-refractivity contribution is -0.117. The third-order valence-corrected chi connectivity index (χ3v) is 8.77. The van der Waals surface area contributed by atoms with E-state index < -0.39 is 6.10 Å². The molecule has 1 aliphatic carbocycles. The maximum absolute atomic E-state index is 13.0. The van der Waals surface area contributed by atoms with Gasteiger partial charge in [0, 0.05) is 67.5 Å². The molecule has 4 heterocycles. The van der Waals surface area contributed by atoms with Gasteiger partial charge in [0.25, 0.3) is 0 Å². The minimum atomic E-state index is -0.470. The fraction of sp³-hybridized carbons (Fsp3) is 0.536. The highest BCUT2D eigenvalue weighted by Crippen LogP contribution is 2.48. The second-order valence-corrected chi connectivity index (χ2v) is 11.7. The number of pyridine rings is 1. The van der Waals surface area contributed by atoms with Crippen molar-refractivity contribution in [1.29, 1.82) is 0 Å². The van der Waals surface area contributed by atoms with Gasteiger partial charge in [-0.3, -0.25) is 14.4 Å². The number of amides is 1. The molecule has 10 heteroatoms. The summed E-state index contributed by atoms with van der Waals surface area (Å²) in [5.74, 6) is 0.676. The number of halogens is 1. The normalized spacial score (nSPS) is 27.8. The van der Waals surface area contributed by atoms with E-state index in [1.54, 1.807) is 6.20 Å². The van der Waals surface area contributed by atoms with E-state index in [0.717, 1.165) is 54.8 Å². The Morgan fingerprint density at radius 3 is 2.71 bits per heavy atom. The van der Waals surface area contributed by atoms with Crippen LogP contribution in [0.25, 0.3) is 10.8 Å². The van der Waals surface area contributed by atoms with Gasteiger partial charge in [-0.05, 0) is 56.8 Å². The number of carbonyl (C=O) groups is 1. The van der Waals surface area contributed by atoms with Crippen molar-refractivity contribution in [2.75, 3.05) is 49.6 Å². The monoisotopic (exact) mass is 538 g/mol. The Hall–Kier alpha value is -2.72. The van der Waals surface area contributed by atoms with E-state index in [4.69, 9.17) is 16.3 Å². The van der Waals surface area contributed by atoms with Crippen molar-refractivity contribution in [3.05, 3.63) is 47.4 Å². The Labute approximate surface area is 227 Å². The van der Waals surface area contributed by atoms with E-state index >= 15 is 0 Å². The summed E-state index contributed by atoms with van der Waals surface area (Å²) in [6, 6.07) is 8.23. The first-order chi connectivity index (χ1) is 18.2. The number of ether oxygens (including phenoxy) is 1. The molecule has 0 spiro atoms. The van der Waals surface area contributed by atoms with Crippen LogP contribution >= 0.6 is 11.6 Å². The number of anilines is 2. The molecule has 3 aliphatic rings. The predicted octanol–water partition coefficient (Wildman–Crippen LogP) is 3.68. The summed E-state index contributed by atoms with van der Waals surface area (Å²) < 4.78 is 7.54. The van der Waals surface area contributed by atoms with Crippen molar-refractivity contribution in [3.63, 3.8) is 0 Å². The molecule has 3 fully saturated rings. The lowest BCUT2D eigenvalue weighted by Crippen LogP contribution is -2.60. The van der Waals surface area contributed by atoms with E-state index in [2.05, 4.69) is 52.0 Å². The molecule has 1 amide bonds. The van der Waals surface area contributed by atoms with Crippen LogP contribution < -0.4 is 10.2 Å². The van der Waals surface area contributed by atoms with Gasteiger partial charge in [0.15, 0.2) is 0 Å². The zero-order chi connectivity index (χ0) is 26.6. The largest absolute Gasteiger partial charge is 0.389 e. The maximum Gasteiger partial charge on any atom is 0.229 e. The van der Waals surface area contributed by atoms with Gasteiger partial charge in [-0.25, -0.2) is 4.98 Å². The van der Waals surface area contributed by atoms with Crippen LogP contribution in [0.5, 0.6) is 0 Å². The smallest absolute Gasteiger partial charge is 0.229 e. The Balaban J connectivity index is 1.14. The zero-order valence-electron chi connectivity index (χ0n) is 22.1. The van der Waals surface area contributed by atoms with Crippen molar-refractivity contribution >= 4 is 39.8 Å². The van der Waals surface area contributed by atoms with E-state index in [1.165, 1.54) is 0 Å². The first kappa shape index (κ1) is 25.6. The van der Waals surface area contributed by atoms with Crippen LogP contribution in [0.3, 0.4) is 0 Å². The van der Waals surface area contributed by atoms with Gasteiger partial charge in [0.1, 0.15) is 5.82 Å². The molecule has 1 saturated carbocycles. The van der Waals surface area contributed by atoms with Gasteiger partial charge in [-0.1, -0.05) is 11.6 Å². The molecule has 38 heavy (non-hydrogen) atoms. The minimum absolute atomic E-state index is 0.00441. The summed E-state index contributed by atoms with van der Waals surface area (Å²) in [6.45, 7) is 10.5. The molecular formula is C28H35ClN6O3. The average Bonchev–Trinajstić information content (AvgIpc) is 3.40. The number of aromatic nitrogens is 3. The van der Waals surface area contributed by atoms with Gasteiger partial charge < -0.3 is 20.1 Å². The quantitative estimate of drug-likeness (QED) is 0.494. The van der Waals surface area contributed by atoms with Gasteiger partial charge in [0.2, 0.25) is 5.91 Å². The van der Waals surface area contributed by atoms with Gasteiger partial charge in [0.05, 0.1) is 35.6 Å². The number of aliphatic hydroxyl groups excluding tert-OH is 1. The Morgan fingerprint density at radius 1 is 1.21 bits per heavy atom. The Bertz CT molecular complexity index is 1350.